The number of aromatic nitrogens is 2. The Hall–Kier alpha value is -4.38. The van der Waals surface area contributed by atoms with Crippen molar-refractivity contribution in [2.75, 3.05) is 0 Å². The molecule has 4 aromatic heterocycles. The topological polar surface area (TPSA) is 9.86 Å². The van der Waals surface area contributed by atoms with Crippen LogP contribution in [0.1, 0.15) is 21.9 Å². The van der Waals surface area contributed by atoms with Crippen LogP contribution in [0.15, 0.2) is 103 Å². The number of nitrogens with zero attached hydrogens (tertiary/aromatic N) is 2. The maximum Gasteiger partial charge on any atom is 0.105 e. The molecule has 0 aliphatic carbocycles. The lowest BCUT2D eigenvalue weighted by Gasteiger charge is -2.31. The van der Waals surface area contributed by atoms with Gasteiger partial charge in [-0.2, -0.15) is 0 Å². The maximum absolute atomic E-state index is 2.60. The van der Waals surface area contributed by atoms with Crippen LogP contribution < -0.4 is 0 Å². The van der Waals surface area contributed by atoms with Crippen molar-refractivity contribution in [1.29, 1.82) is 0 Å². The lowest BCUT2D eigenvalue weighted by molar-refractivity contribution is 0.933. The summed E-state index contributed by atoms with van der Waals surface area (Å²) in [5, 5.41) is 9.55. The summed E-state index contributed by atoms with van der Waals surface area (Å²) in [6, 6.07) is 38.5. The average Bonchev–Trinajstić information content (AvgIpc) is 3.72. The first kappa shape index (κ1) is 19.7. The molecule has 5 aromatic carbocycles. The van der Waals surface area contributed by atoms with E-state index >= 15 is 0 Å². The molecule has 0 spiro atoms. The van der Waals surface area contributed by atoms with E-state index in [1.807, 2.05) is 22.7 Å². The number of hydrogen-bond acceptors (Lipinski definition) is 2. The number of hydrogen-bond donors (Lipinski definition) is 0. The predicted molar refractivity (Wildman–Crippen MR) is 167 cm³/mol. The fourth-order valence-corrected chi connectivity index (χ4v) is 10.3. The third kappa shape index (κ3) is 2.06. The van der Waals surface area contributed by atoms with E-state index in [-0.39, 0.29) is 5.92 Å². The van der Waals surface area contributed by atoms with Crippen LogP contribution in [-0.4, -0.2) is 9.13 Å². The summed E-state index contributed by atoms with van der Waals surface area (Å²) in [5.41, 5.74) is 9.71. The summed E-state index contributed by atoms with van der Waals surface area (Å²) in [4.78, 5) is 1.47. The minimum Gasteiger partial charge on any atom is -0.307 e. The highest BCUT2D eigenvalue weighted by atomic mass is 32.1. The molecule has 180 valence electrons. The molecular weight excluding hydrogens is 513 g/mol. The Morgan fingerprint density at radius 3 is 1.79 bits per heavy atom. The Bertz CT molecular complexity index is 2570. The quantitative estimate of drug-likeness (QED) is 0.185. The molecule has 4 heteroatoms. The van der Waals surface area contributed by atoms with Crippen LogP contribution in [0.3, 0.4) is 0 Å². The summed E-state index contributed by atoms with van der Waals surface area (Å²) in [6.45, 7) is 0. The highest BCUT2D eigenvalue weighted by Gasteiger charge is 2.42. The fourth-order valence-electron chi connectivity index (χ4n) is 7.71. The van der Waals surface area contributed by atoms with Crippen LogP contribution in [0, 0.1) is 0 Å². The Labute approximate surface area is 230 Å². The molecule has 0 bridgehead atoms. The second-order valence-corrected chi connectivity index (χ2v) is 13.0. The van der Waals surface area contributed by atoms with Crippen molar-refractivity contribution in [3.05, 3.63) is 119 Å². The number of para-hydroxylation sites is 2. The van der Waals surface area contributed by atoms with Crippen molar-refractivity contribution < 1.29 is 0 Å². The Morgan fingerprint density at radius 2 is 1.05 bits per heavy atom. The van der Waals surface area contributed by atoms with E-state index in [4.69, 9.17) is 0 Å². The first-order valence-electron chi connectivity index (χ1n) is 13.4. The largest absolute Gasteiger partial charge is 0.307 e. The van der Waals surface area contributed by atoms with E-state index in [1.54, 1.807) is 0 Å². The molecule has 0 amide bonds. The molecule has 0 saturated heterocycles. The molecule has 2 aliphatic heterocycles. The van der Waals surface area contributed by atoms with E-state index in [0.717, 1.165) is 0 Å². The highest BCUT2D eigenvalue weighted by Crippen LogP contribution is 2.60. The third-order valence-electron chi connectivity index (χ3n) is 9.10. The molecule has 1 unspecified atom stereocenters. The molecule has 0 saturated carbocycles. The average molecular weight is 531 g/mol. The lowest BCUT2D eigenvalue weighted by Crippen LogP contribution is -2.18. The summed E-state index contributed by atoms with van der Waals surface area (Å²) in [7, 11) is 0. The van der Waals surface area contributed by atoms with Crippen molar-refractivity contribution in [3.8, 4) is 10.7 Å². The molecule has 0 radical (unpaired) electrons. The zero-order valence-corrected chi connectivity index (χ0v) is 22.2. The molecule has 0 fully saturated rings. The lowest BCUT2D eigenvalue weighted by atomic mass is 9.82. The fraction of sp³-hybridized carbons (Fsp3) is 0.0286. The van der Waals surface area contributed by atoms with Gasteiger partial charge in [-0.1, -0.05) is 72.8 Å². The first-order chi connectivity index (χ1) is 19.4. The predicted octanol–water partition coefficient (Wildman–Crippen LogP) is 10.1. The van der Waals surface area contributed by atoms with Gasteiger partial charge in [-0.25, -0.2) is 0 Å². The van der Waals surface area contributed by atoms with Gasteiger partial charge >= 0.3 is 0 Å². The molecule has 39 heavy (non-hydrogen) atoms. The smallest absolute Gasteiger partial charge is 0.105 e. The van der Waals surface area contributed by atoms with Crippen LogP contribution >= 0.6 is 22.7 Å². The molecule has 11 rings (SSSR count). The van der Waals surface area contributed by atoms with Gasteiger partial charge in [0.05, 0.1) is 33.7 Å². The van der Waals surface area contributed by atoms with Crippen molar-refractivity contribution >= 4 is 86.5 Å². The summed E-state index contributed by atoms with van der Waals surface area (Å²) >= 11 is 3.94. The molecule has 0 N–H and O–H groups in total. The summed E-state index contributed by atoms with van der Waals surface area (Å²) in [6.07, 6.45) is 0. The van der Waals surface area contributed by atoms with E-state index in [0.29, 0.717) is 0 Å². The highest BCUT2D eigenvalue weighted by molar-refractivity contribution is 7.22. The number of benzene rings is 5. The van der Waals surface area contributed by atoms with Gasteiger partial charge in [0.15, 0.2) is 0 Å². The van der Waals surface area contributed by atoms with Crippen LogP contribution in [-0.2, 0) is 0 Å². The molecule has 2 aliphatic rings. The number of thiophene rings is 2. The van der Waals surface area contributed by atoms with Crippen LogP contribution in [0.2, 0.25) is 0 Å². The standard InChI is InChI=1S/C35H18N2S2/c1-5-13-24-18(9-1)22-17-23-19-10-2-6-14-25(19)37-32(23)30-29(28-20-11-3-7-15-26(20)39-35(28)37)34-33(36(24)31(22)30)21-12-4-8-16-27(21)38-34/h1-17,29H. The maximum atomic E-state index is 2.60. The van der Waals surface area contributed by atoms with Crippen LogP contribution in [0.4, 0.5) is 0 Å². The van der Waals surface area contributed by atoms with Gasteiger partial charge in [0.1, 0.15) is 5.00 Å². The minimum absolute atomic E-state index is 0.211. The molecule has 9 aromatic rings. The molecule has 6 heterocycles. The zero-order chi connectivity index (χ0) is 25.0. The summed E-state index contributed by atoms with van der Waals surface area (Å²) < 4.78 is 7.93. The third-order valence-corrected chi connectivity index (χ3v) is 11.5. The van der Waals surface area contributed by atoms with Gasteiger partial charge in [0.2, 0.25) is 0 Å². The molecule has 1 atom stereocenters. The second-order valence-electron chi connectivity index (χ2n) is 10.8. The number of fused-ring (bicyclic) bond motifs is 16. The zero-order valence-electron chi connectivity index (χ0n) is 20.6. The first-order valence-corrected chi connectivity index (χ1v) is 15.0. The van der Waals surface area contributed by atoms with Crippen molar-refractivity contribution in [1.82, 2.24) is 9.13 Å². The minimum atomic E-state index is 0.211. The normalized spacial score (nSPS) is 15.4. The Kier molecular flexibility index (Phi) is 3.24. The molecule has 2 nitrogen and oxygen atoms in total. The molecular formula is C35H18N2S2. The second kappa shape index (κ2) is 6.42. The Morgan fingerprint density at radius 1 is 0.487 bits per heavy atom. The van der Waals surface area contributed by atoms with Gasteiger partial charge in [-0.05, 0) is 35.7 Å². The SMILES string of the molecule is c1ccc2c3c(sc2c1)-n1c2ccccc2c2cc4c5ccccc5n5c4c(c21)C3c1sc2ccccc2c1-5. The van der Waals surface area contributed by atoms with E-state index in [2.05, 4.69) is 112 Å². The monoisotopic (exact) mass is 530 g/mol. The van der Waals surface area contributed by atoms with Gasteiger partial charge in [-0.3, -0.25) is 4.57 Å². The van der Waals surface area contributed by atoms with Crippen molar-refractivity contribution in [3.63, 3.8) is 0 Å². The van der Waals surface area contributed by atoms with Crippen molar-refractivity contribution in [2.45, 2.75) is 5.92 Å². The van der Waals surface area contributed by atoms with Gasteiger partial charge < -0.3 is 4.57 Å². The van der Waals surface area contributed by atoms with E-state index in [1.165, 1.54) is 90.5 Å². The van der Waals surface area contributed by atoms with E-state index < -0.39 is 0 Å². The van der Waals surface area contributed by atoms with Crippen molar-refractivity contribution in [2.24, 2.45) is 0 Å². The van der Waals surface area contributed by atoms with Crippen LogP contribution in [0.25, 0.3) is 74.5 Å². The summed E-state index contributed by atoms with van der Waals surface area (Å²) in [5.74, 6) is 0.211. The van der Waals surface area contributed by atoms with Crippen LogP contribution in [0.5, 0.6) is 0 Å². The van der Waals surface area contributed by atoms with Gasteiger partial charge in [0, 0.05) is 52.3 Å². The van der Waals surface area contributed by atoms with Gasteiger partial charge in [0.25, 0.3) is 0 Å². The Balaban J connectivity index is 1.52. The number of rotatable bonds is 0. The van der Waals surface area contributed by atoms with E-state index in [9.17, 15) is 0 Å². The van der Waals surface area contributed by atoms with Gasteiger partial charge in [-0.15, -0.1) is 22.7 Å².